The molecule has 1 aliphatic rings. The SMILES string of the molecule is COc1ccc(C2Sc3ccccc3N(CCN(C)C)C(=O)C2OC(=O)c2ccc([N+](=O)[O-])c([N+](=O)[O-])c2)cc1. The van der Waals surface area contributed by atoms with Gasteiger partial charge in [0.05, 0.1) is 33.5 Å². The Morgan fingerprint density at radius 3 is 2.30 bits per heavy atom. The number of methoxy groups -OCH3 is 1. The van der Waals surface area contributed by atoms with E-state index in [9.17, 15) is 29.8 Å². The van der Waals surface area contributed by atoms with Crippen LogP contribution < -0.4 is 9.64 Å². The summed E-state index contributed by atoms with van der Waals surface area (Å²) < 4.78 is 11.1. The Labute approximate surface area is 233 Å². The van der Waals surface area contributed by atoms with E-state index in [1.807, 2.05) is 43.3 Å². The van der Waals surface area contributed by atoms with Crippen LogP contribution in [0.5, 0.6) is 5.75 Å². The third-order valence-corrected chi connectivity index (χ3v) is 7.62. The zero-order chi connectivity index (χ0) is 29.0. The van der Waals surface area contributed by atoms with E-state index in [0.717, 1.165) is 23.1 Å². The van der Waals surface area contributed by atoms with Gasteiger partial charge in [-0.15, -0.1) is 11.8 Å². The molecule has 4 rings (SSSR count). The number of hydrogen-bond donors (Lipinski definition) is 0. The number of benzene rings is 3. The highest BCUT2D eigenvalue weighted by Gasteiger charge is 2.41. The average Bonchev–Trinajstić information content (AvgIpc) is 3.05. The summed E-state index contributed by atoms with van der Waals surface area (Å²) in [6.07, 6.45) is -1.32. The number of hydrogen-bond acceptors (Lipinski definition) is 10. The van der Waals surface area contributed by atoms with Crippen LogP contribution in [0.4, 0.5) is 17.1 Å². The second-order valence-electron chi connectivity index (χ2n) is 9.12. The number of ether oxygens (including phenoxy) is 2. The number of nitro benzene ring substituents is 2. The maximum Gasteiger partial charge on any atom is 0.346 e. The van der Waals surface area contributed by atoms with Crippen molar-refractivity contribution in [1.82, 2.24) is 4.90 Å². The first-order valence-corrected chi connectivity index (χ1v) is 13.0. The molecule has 0 spiro atoms. The van der Waals surface area contributed by atoms with Crippen molar-refractivity contribution in [2.24, 2.45) is 0 Å². The van der Waals surface area contributed by atoms with Gasteiger partial charge in [-0.05, 0) is 50.0 Å². The first kappa shape index (κ1) is 28.5. The fraction of sp³-hybridized carbons (Fsp3) is 0.259. The Bertz CT molecular complexity index is 1450. The number of likely N-dealkylation sites (N-methyl/N-ethyl adjacent to an activating group) is 1. The lowest BCUT2D eigenvalue weighted by Crippen LogP contribution is -2.45. The van der Waals surface area contributed by atoms with Crippen LogP contribution >= 0.6 is 11.8 Å². The number of fused-ring (bicyclic) bond motifs is 1. The first-order valence-electron chi connectivity index (χ1n) is 12.1. The Balaban J connectivity index is 1.78. The van der Waals surface area contributed by atoms with Crippen molar-refractivity contribution in [2.75, 3.05) is 39.2 Å². The van der Waals surface area contributed by atoms with E-state index in [4.69, 9.17) is 9.47 Å². The van der Waals surface area contributed by atoms with Gasteiger partial charge < -0.3 is 19.3 Å². The topological polar surface area (TPSA) is 145 Å². The minimum absolute atomic E-state index is 0.287. The van der Waals surface area contributed by atoms with Crippen LogP contribution in [0.2, 0.25) is 0 Å². The highest BCUT2D eigenvalue weighted by Crippen LogP contribution is 2.47. The van der Waals surface area contributed by atoms with Crippen LogP contribution in [0.25, 0.3) is 0 Å². The number of esters is 1. The Kier molecular flexibility index (Phi) is 8.65. The second-order valence-corrected chi connectivity index (χ2v) is 10.3. The summed E-state index contributed by atoms with van der Waals surface area (Å²) in [4.78, 5) is 52.6. The molecule has 0 fully saturated rings. The molecule has 208 valence electrons. The summed E-state index contributed by atoms with van der Waals surface area (Å²) in [6, 6.07) is 17.1. The molecule has 0 saturated carbocycles. The normalized spacial score (nSPS) is 16.7. The summed E-state index contributed by atoms with van der Waals surface area (Å²) in [6.45, 7) is 0.850. The number of rotatable bonds is 9. The molecule has 3 aromatic rings. The van der Waals surface area contributed by atoms with Crippen molar-refractivity contribution < 1.29 is 28.9 Å². The molecular formula is C27H26N4O8S. The standard InChI is InChI=1S/C27H26N4O8S/c1-28(2)14-15-29-21-6-4-5-7-23(21)40-25(17-8-11-19(38-3)12-9-17)24(26(29)32)39-27(33)18-10-13-20(30(34)35)22(16-18)31(36)37/h4-13,16,24-25H,14-15H2,1-3H3. The van der Waals surface area contributed by atoms with E-state index in [1.54, 1.807) is 29.2 Å². The highest BCUT2D eigenvalue weighted by atomic mass is 32.2. The smallest absolute Gasteiger partial charge is 0.346 e. The summed E-state index contributed by atoms with van der Waals surface area (Å²) in [5, 5.41) is 22.0. The molecule has 40 heavy (non-hydrogen) atoms. The summed E-state index contributed by atoms with van der Waals surface area (Å²) >= 11 is 1.35. The van der Waals surface area contributed by atoms with E-state index < -0.39 is 44.5 Å². The highest BCUT2D eigenvalue weighted by molar-refractivity contribution is 7.99. The predicted molar refractivity (Wildman–Crippen MR) is 148 cm³/mol. The first-order chi connectivity index (χ1) is 19.1. The second kappa shape index (κ2) is 12.1. The van der Waals surface area contributed by atoms with Gasteiger partial charge in [0.2, 0.25) is 0 Å². The van der Waals surface area contributed by atoms with Gasteiger partial charge in [-0.25, -0.2) is 4.79 Å². The zero-order valence-electron chi connectivity index (χ0n) is 21.9. The van der Waals surface area contributed by atoms with Gasteiger partial charge in [0.25, 0.3) is 5.91 Å². The minimum atomic E-state index is -1.32. The molecule has 2 unspecified atom stereocenters. The van der Waals surface area contributed by atoms with Crippen LogP contribution in [-0.2, 0) is 9.53 Å². The third kappa shape index (κ3) is 6.05. The maximum absolute atomic E-state index is 14.1. The predicted octanol–water partition coefficient (Wildman–Crippen LogP) is 4.48. The molecule has 0 aromatic heterocycles. The molecule has 0 radical (unpaired) electrons. The quantitative estimate of drug-likeness (QED) is 0.206. The lowest BCUT2D eigenvalue weighted by Gasteiger charge is -2.28. The van der Waals surface area contributed by atoms with Gasteiger partial charge >= 0.3 is 17.3 Å². The van der Waals surface area contributed by atoms with Crippen LogP contribution in [0, 0.1) is 20.2 Å². The molecule has 0 aliphatic carbocycles. The molecule has 12 nitrogen and oxygen atoms in total. The molecule has 1 heterocycles. The molecule has 1 amide bonds. The van der Waals surface area contributed by atoms with Gasteiger partial charge in [-0.3, -0.25) is 25.0 Å². The van der Waals surface area contributed by atoms with Crippen molar-refractivity contribution in [3.63, 3.8) is 0 Å². The summed E-state index contributed by atoms with van der Waals surface area (Å²) in [7, 11) is 5.29. The van der Waals surface area contributed by atoms with Crippen LogP contribution in [0.1, 0.15) is 21.2 Å². The van der Waals surface area contributed by atoms with Crippen molar-refractivity contribution in [3.8, 4) is 5.75 Å². The van der Waals surface area contributed by atoms with E-state index >= 15 is 0 Å². The van der Waals surface area contributed by atoms with Crippen molar-refractivity contribution >= 4 is 40.7 Å². The Morgan fingerprint density at radius 1 is 1.00 bits per heavy atom. The van der Waals surface area contributed by atoms with Gasteiger partial charge in [0.1, 0.15) is 5.75 Å². The molecular weight excluding hydrogens is 540 g/mol. The number of carbonyl (C=O) groups is 2. The molecule has 0 bridgehead atoms. The number of carbonyl (C=O) groups excluding carboxylic acids is 2. The summed E-state index contributed by atoms with van der Waals surface area (Å²) in [5.74, 6) is -0.882. The van der Waals surface area contributed by atoms with E-state index in [-0.39, 0.29) is 5.56 Å². The van der Waals surface area contributed by atoms with E-state index in [0.29, 0.717) is 30.1 Å². The van der Waals surface area contributed by atoms with Gasteiger partial charge in [0.15, 0.2) is 6.10 Å². The number of thioether (sulfide) groups is 1. The van der Waals surface area contributed by atoms with Crippen LogP contribution in [0.15, 0.2) is 71.6 Å². The number of anilines is 1. The fourth-order valence-corrected chi connectivity index (χ4v) is 5.51. The fourth-order valence-electron chi connectivity index (χ4n) is 4.19. The van der Waals surface area contributed by atoms with Crippen LogP contribution in [-0.4, -0.2) is 67.0 Å². The lowest BCUT2D eigenvalue weighted by atomic mass is 10.0. The zero-order valence-corrected chi connectivity index (χ0v) is 22.7. The number of para-hydroxylation sites is 1. The van der Waals surface area contributed by atoms with Gasteiger partial charge in [-0.1, -0.05) is 24.3 Å². The molecule has 0 saturated heterocycles. The molecule has 3 aromatic carbocycles. The molecule has 13 heteroatoms. The average molecular weight is 567 g/mol. The van der Waals surface area contributed by atoms with E-state index in [1.165, 1.54) is 18.9 Å². The summed E-state index contributed by atoms with van der Waals surface area (Å²) in [5.41, 5.74) is -0.541. The third-order valence-electron chi connectivity index (χ3n) is 6.25. The molecule has 2 atom stereocenters. The molecule has 0 N–H and O–H groups in total. The van der Waals surface area contributed by atoms with Gasteiger partial charge in [0, 0.05) is 30.1 Å². The molecule has 1 aliphatic heterocycles. The maximum atomic E-state index is 14.1. The largest absolute Gasteiger partial charge is 0.497 e. The number of amides is 1. The van der Waals surface area contributed by atoms with Gasteiger partial charge in [-0.2, -0.15) is 0 Å². The van der Waals surface area contributed by atoms with Crippen molar-refractivity contribution in [3.05, 3.63) is 98.1 Å². The van der Waals surface area contributed by atoms with E-state index in [2.05, 4.69) is 0 Å². The minimum Gasteiger partial charge on any atom is -0.497 e. The Morgan fingerprint density at radius 2 is 1.68 bits per heavy atom. The number of nitro groups is 2. The number of nitrogens with zero attached hydrogens (tertiary/aromatic N) is 4. The van der Waals surface area contributed by atoms with Crippen molar-refractivity contribution in [2.45, 2.75) is 16.2 Å². The monoisotopic (exact) mass is 566 g/mol. The van der Waals surface area contributed by atoms with Crippen molar-refractivity contribution in [1.29, 1.82) is 0 Å². The Hall–Kier alpha value is -4.49. The van der Waals surface area contributed by atoms with Crippen LogP contribution in [0.3, 0.4) is 0 Å². The lowest BCUT2D eigenvalue weighted by molar-refractivity contribution is -0.422.